The molecule has 1 aliphatic carbocycles. The monoisotopic (exact) mass is 183 g/mol. The normalized spacial score (nSPS) is 23.0. The minimum atomic E-state index is 0.261. The molecule has 1 rings (SSSR count). The first kappa shape index (κ1) is 10.7. The summed E-state index contributed by atoms with van der Waals surface area (Å²) in [6.07, 6.45) is 5.45. The summed E-state index contributed by atoms with van der Waals surface area (Å²) in [5.74, 6) is 0.470. The van der Waals surface area contributed by atoms with Crippen molar-refractivity contribution in [3.05, 3.63) is 0 Å². The van der Waals surface area contributed by atoms with Gasteiger partial charge in [0.25, 0.3) is 0 Å². The van der Waals surface area contributed by atoms with Crippen molar-refractivity contribution in [1.82, 2.24) is 4.90 Å². The lowest BCUT2D eigenvalue weighted by Crippen LogP contribution is -2.38. The second-order valence-corrected chi connectivity index (χ2v) is 3.86. The first-order chi connectivity index (χ1) is 6.29. The molecule has 0 aromatic heterocycles. The van der Waals surface area contributed by atoms with Gasteiger partial charge in [-0.1, -0.05) is 20.3 Å². The highest BCUT2D eigenvalue weighted by Gasteiger charge is 2.28. The minimum absolute atomic E-state index is 0.261. The summed E-state index contributed by atoms with van der Waals surface area (Å²) in [7, 11) is 0. The van der Waals surface area contributed by atoms with Crippen molar-refractivity contribution < 1.29 is 4.79 Å². The molecule has 0 bridgehead atoms. The number of Topliss-reactive ketones (excluding diaryl/α,β-unsaturated/α-hetero) is 1. The molecular formula is C11H21NO. The highest BCUT2D eigenvalue weighted by Crippen LogP contribution is 2.20. The van der Waals surface area contributed by atoms with Gasteiger partial charge in [0.05, 0.1) is 6.04 Å². The van der Waals surface area contributed by atoms with Crippen LogP contribution in [0.15, 0.2) is 0 Å². The zero-order chi connectivity index (χ0) is 9.68. The van der Waals surface area contributed by atoms with Crippen molar-refractivity contribution >= 4 is 5.78 Å². The lowest BCUT2D eigenvalue weighted by atomic mass is 10.2. The Morgan fingerprint density at radius 3 is 2.69 bits per heavy atom. The van der Waals surface area contributed by atoms with Gasteiger partial charge in [-0.15, -0.1) is 0 Å². The Kier molecular flexibility index (Phi) is 4.43. The molecule has 1 aliphatic rings. The van der Waals surface area contributed by atoms with Gasteiger partial charge in [-0.2, -0.15) is 0 Å². The van der Waals surface area contributed by atoms with E-state index in [-0.39, 0.29) is 6.04 Å². The number of hydrogen-bond donors (Lipinski definition) is 0. The van der Waals surface area contributed by atoms with E-state index in [1.807, 2.05) is 0 Å². The number of likely N-dealkylation sites (N-methyl/N-ethyl adjacent to an activating group) is 1. The fraction of sp³-hybridized carbons (Fsp3) is 0.909. The minimum Gasteiger partial charge on any atom is -0.298 e. The molecule has 0 aromatic carbocycles. The van der Waals surface area contributed by atoms with Gasteiger partial charge in [-0.3, -0.25) is 9.69 Å². The average molecular weight is 183 g/mol. The predicted octanol–water partition coefficient (Wildman–Crippen LogP) is 2.23. The van der Waals surface area contributed by atoms with Crippen LogP contribution in [0.25, 0.3) is 0 Å². The Hall–Kier alpha value is -0.370. The van der Waals surface area contributed by atoms with Crippen molar-refractivity contribution in [2.75, 3.05) is 13.1 Å². The summed E-state index contributed by atoms with van der Waals surface area (Å²) in [4.78, 5) is 13.8. The third-order valence-corrected chi connectivity index (χ3v) is 2.92. The lowest BCUT2D eigenvalue weighted by Gasteiger charge is -2.25. The molecule has 0 N–H and O–H groups in total. The third-order valence-electron chi connectivity index (χ3n) is 2.92. The SMILES string of the molecule is CCCCN(CC)C1CCCC1=O. The van der Waals surface area contributed by atoms with Crippen LogP contribution in [0.3, 0.4) is 0 Å². The predicted molar refractivity (Wildman–Crippen MR) is 54.8 cm³/mol. The van der Waals surface area contributed by atoms with Gasteiger partial charge in [0.2, 0.25) is 0 Å². The zero-order valence-corrected chi connectivity index (χ0v) is 8.88. The second-order valence-electron chi connectivity index (χ2n) is 3.86. The Labute approximate surface area is 81.3 Å². The third kappa shape index (κ3) is 2.80. The molecule has 2 heteroatoms. The van der Waals surface area contributed by atoms with Crippen LogP contribution in [0, 0.1) is 0 Å². The van der Waals surface area contributed by atoms with Gasteiger partial charge >= 0.3 is 0 Å². The van der Waals surface area contributed by atoms with E-state index in [2.05, 4.69) is 18.7 Å². The molecule has 76 valence electrons. The van der Waals surface area contributed by atoms with Gasteiger partial charge < -0.3 is 0 Å². The number of carbonyl (C=O) groups is 1. The largest absolute Gasteiger partial charge is 0.298 e. The van der Waals surface area contributed by atoms with Crippen LogP contribution in [0.4, 0.5) is 0 Å². The highest BCUT2D eigenvalue weighted by atomic mass is 16.1. The number of unbranched alkanes of at least 4 members (excludes halogenated alkanes) is 1. The smallest absolute Gasteiger partial charge is 0.149 e. The van der Waals surface area contributed by atoms with Crippen LogP contribution in [0.5, 0.6) is 0 Å². The molecule has 1 atom stereocenters. The topological polar surface area (TPSA) is 20.3 Å². The summed E-state index contributed by atoms with van der Waals surface area (Å²) >= 11 is 0. The molecule has 1 unspecified atom stereocenters. The van der Waals surface area contributed by atoms with E-state index in [0.29, 0.717) is 5.78 Å². The molecule has 0 aromatic rings. The van der Waals surface area contributed by atoms with E-state index in [1.165, 1.54) is 12.8 Å². The Morgan fingerprint density at radius 2 is 2.23 bits per heavy atom. The van der Waals surface area contributed by atoms with E-state index in [9.17, 15) is 4.79 Å². The second kappa shape index (κ2) is 5.38. The molecule has 2 nitrogen and oxygen atoms in total. The van der Waals surface area contributed by atoms with Crippen LogP contribution < -0.4 is 0 Å². The van der Waals surface area contributed by atoms with Gasteiger partial charge in [-0.25, -0.2) is 0 Å². The van der Waals surface area contributed by atoms with Crippen molar-refractivity contribution in [2.45, 2.75) is 52.0 Å². The van der Waals surface area contributed by atoms with Crippen LogP contribution in [-0.2, 0) is 4.79 Å². The summed E-state index contributed by atoms with van der Waals surface area (Å²) in [6, 6.07) is 0.261. The maximum atomic E-state index is 11.5. The van der Waals surface area contributed by atoms with E-state index >= 15 is 0 Å². The maximum absolute atomic E-state index is 11.5. The standard InChI is InChI=1S/C11H21NO/c1-3-5-9-12(4-2)10-7-6-8-11(10)13/h10H,3-9H2,1-2H3. The van der Waals surface area contributed by atoms with Gasteiger partial charge in [0.1, 0.15) is 5.78 Å². The molecule has 1 fully saturated rings. The van der Waals surface area contributed by atoms with Crippen molar-refractivity contribution in [3.8, 4) is 0 Å². The number of carbonyl (C=O) groups excluding carboxylic acids is 1. The molecule has 0 saturated heterocycles. The van der Waals surface area contributed by atoms with Gasteiger partial charge in [0.15, 0.2) is 0 Å². The summed E-state index contributed by atoms with van der Waals surface area (Å²) < 4.78 is 0. The fourth-order valence-electron chi connectivity index (χ4n) is 2.08. The number of nitrogens with zero attached hydrogens (tertiary/aromatic N) is 1. The number of hydrogen-bond acceptors (Lipinski definition) is 2. The number of ketones is 1. The molecular weight excluding hydrogens is 162 g/mol. The van der Waals surface area contributed by atoms with E-state index < -0.39 is 0 Å². The van der Waals surface area contributed by atoms with Gasteiger partial charge in [-0.05, 0) is 32.4 Å². The maximum Gasteiger partial charge on any atom is 0.149 e. The molecule has 13 heavy (non-hydrogen) atoms. The van der Waals surface area contributed by atoms with E-state index in [4.69, 9.17) is 0 Å². The molecule has 0 aliphatic heterocycles. The van der Waals surface area contributed by atoms with Gasteiger partial charge in [0, 0.05) is 6.42 Å². The quantitative estimate of drug-likeness (QED) is 0.651. The molecule has 0 heterocycles. The number of rotatable bonds is 5. The summed E-state index contributed by atoms with van der Waals surface area (Å²) in [5, 5.41) is 0. The summed E-state index contributed by atoms with van der Waals surface area (Å²) in [5.41, 5.74) is 0. The van der Waals surface area contributed by atoms with E-state index in [0.717, 1.165) is 32.4 Å². The van der Waals surface area contributed by atoms with Crippen molar-refractivity contribution in [3.63, 3.8) is 0 Å². The van der Waals surface area contributed by atoms with Crippen molar-refractivity contribution in [2.24, 2.45) is 0 Å². The van der Waals surface area contributed by atoms with Crippen LogP contribution >= 0.6 is 0 Å². The summed E-state index contributed by atoms with van der Waals surface area (Å²) in [6.45, 7) is 6.48. The molecule has 1 saturated carbocycles. The lowest BCUT2D eigenvalue weighted by molar-refractivity contribution is -0.121. The first-order valence-electron chi connectivity index (χ1n) is 5.56. The Morgan fingerprint density at radius 1 is 1.46 bits per heavy atom. The Balaban J connectivity index is 2.40. The molecule has 0 amide bonds. The molecule has 0 spiro atoms. The molecule has 0 radical (unpaired) electrons. The average Bonchev–Trinajstić information content (AvgIpc) is 2.54. The Bertz CT molecular complexity index is 167. The first-order valence-corrected chi connectivity index (χ1v) is 5.56. The van der Waals surface area contributed by atoms with Crippen LogP contribution in [-0.4, -0.2) is 29.8 Å². The zero-order valence-electron chi connectivity index (χ0n) is 8.88. The van der Waals surface area contributed by atoms with Crippen LogP contribution in [0.1, 0.15) is 46.0 Å². The van der Waals surface area contributed by atoms with Crippen LogP contribution in [0.2, 0.25) is 0 Å². The van der Waals surface area contributed by atoms with E-state index in [1.54, 1.807) is 0 Å². The highest BCUT2D eigenvalue weighted by molar-refractivity contribution is 5.85. The van der Waals surface area contributed by atoms with Crippen molar-refractivity contribution in [1.29, 1.82) is 0 Å². The fourth-order valence-corrected chi connectivity index (χ4v) is 2.08.